The lowest BCUT2D eigenvalue weighted by molar-refractivity contribution is -0.138. The number of rotatable bonds is 4. The van der Waals surface area contributed by atoms with Gasteiger partial charge < -0.3 is 10.0 Å². The summed E-state index contributed by atoms with van der Waals surface area (Å²) in [6.07, 6.45) is 2.19. The fraction of sp³-hybridized carbons (Fsp3) is 0.368. The summed E-state index contributed by atoms with van der Waals surface area (Å²) in [5, 5.41) is 11.1. The van der Waals surface area contributed by atoms with E-state index in [9.17, 15) is 9.59 Å². The van der Waals surface area contributed by atoms with Crippen LogP contribution in [-0.2, 0) is 16.0 Å². The average molecular weight is 311 g/mol. The first-order chi connectivity index (χ1) is 11.1. The lowest BCUT2D eigenvalue weighted by Crippen LogP contribution is -2.39. The fourth-order valence-electron chi connectivity index (χ4n) is 3.35. The van der Waals surface area contributed by atoms with Crippen molar-refractivity contribution in [2.75, 3.05) is 13.1 Å². The van der Waals surface area contributed by atoms with Gasteiger partial charge in [0, 0.05) is 19.5 Å². The van der Waals surface area contributed by atoms with Crippen LogP contribution in [0.3, 0.4) is 0 Å². The molecule has 1 aliphatic rings. The van der Waals surface area contributed by atoms with Crippen LogP contribution in [0, 0.1) is 5.92 Å². The molecule has 120 valence electrons. The summed E-state index contributed by atoms with van der Waals surface area (Å²) in [5.41, 5.74) is 1.06. The Morgan fingerprint density at radius 3 is 2.48 bits per heavy atom. The van der Waals surface area contributed by atoms with Gasteiger partial charge in [0.25, 0.3) is 0 Å². The van der Waals surface area contributed by atoms with Crippen LogP contribution in [0.4, 0.5) is 0 Å². The maximum Gasteiger partial charge on any atom is 0.303 e. The van der Waals surface area contributed by atoms with E-state index in [0.29, 0.717) is 19.5 Å². The molecule has 1 amide bonds. The predicted molar refractivity (Wildman–Crippen MR) is 89.2 cm³/mol. The zero-order valence-electron chi connectivity index (χ0n) is 13.1. The van der Waals surface area contributed by atoms with Crippen molar-refractivity contribution in [1.29, 1.82) is 0 Å². The number of hydrogen-bond donors (Lipinski definition) is 1. The first-order valence-corrected chi connectivity index (χ1v) is 8.09. The van der Waals surface area contributed by atoms with E-state index in [0.717, 1.165) is 29.2 Å². The van der Waals surface area contributed by atoms with Gasteiger partial charge in [-0.2, -0.15) is 0 Å². The van der Waals surface area contributed by atoms with Crippen LogP contribution in [0.15, 0.2) is 42.5 Å². The third-order valence-electron chi connectivity index (χ3n) is 4.65. The van der Waals surface area contributed by atoms with Crippen molar-refractivity contribution < 1.29 is 14.7 Å². The van der Waals surface area contributed by atoms with Crippen molar-refractivity contribution in [3.8, 4) is 0 Å². The van der Waals surface area contributed by atoms with Gasteiger partial charge in [-0.15, -0.1) is 0 Å². The molecule has 3 rings (SSSR count). The van der Waals surface area contributed by atoms with E-state index in [4.69, 9.17) is 5.11 Å². The topological polar surface area (TPSA) is 57.6 Å². The molecule has 1 aliphatic heterocycles. The molecule has 23 heavy (non-hydrogen) atoms. The Balaban J connectivity index is 1.64. The molecule has 0 saturated carbocycles. The highest BCUT2D eigenvalue weighted by molar-refractivity contribution is 5.90. The smallest absolute Gasteiger partial charge is 0.303 e. The highest BCUT2D eigenvalue weighted by Crippen LogP contribution is 2.23. The molecule has 0 bridgehead atoms. The van der Waals surface area contributed by atoms with Crippen LogP contribution >= 0.6 is 0 Å². The van der Waals surface area contributed by atoms with Crippen LogP contribution in [0.2, 0.25) is 0 Å². The Kier molecular flexibility index (Phi) is 4.60. The maximum absolute atomic E-state index is 12.5. The van der Waals surface area contributed by atoms with Crippen molar-refractivity contribution in [3.63, 3.8) is 0 Å². The second kappa shape index (κ2) is 6.82. The third kappa shape index (κ3) is 3.70. The summed E-state index contributed by atoms with van der Waals surface area (Å²) >= 11 is 0. The molecule has 4 heteroatoms. The van der Waals surface area contributed by atoms with Gasteiger partial charge in [-0.1, -0.05) is 42.5 Å². The van der Waals surface area contributed by atoms with E-state index < -0.39 is 5.97 Å². The van der Waals surface area contributed by atoms with Gasteiger partial charge in [0.05, 0.1) is 6.42 Å². The van der Waals surface area contributed by atoms with E-state index in [2.05, 4.69) is 18.2 Å². The molecule has 1 N–H and O–H groups in total. The maximum atomic E-state index is 12.5. The molecule has 0 radical (unpaired) electrons. The number of carbonyl (C=O) groups is 2. The van der Waals surface area contributed by atoms with Crippen LogP contribution in [0.5, 0.6) is 0 Å². The Morgan fingerprint density at radius 1 is 1.04 bits per heavy atom. The molecule has 0 spiro atoms. The van der Waals surface area contributed by atoms with Gasteiger partial charge in [0.15, 0.2) is 0 Å². The molecule has 0 aliphatic carbocycles. The number of likely N-dealkylation sites (tertiary alicyclic amines) is 1. The molecule has 2 aromatic carbocycles. The van der Waals surface area contributed by atoms with Gasteiger partial charge in [-0.3, -0.25) is 9.59 Å². The van der Waals surface area contributed by atoms with Crippen LogP contribution in [0.1, 0.15) is 24.8 Å². The lowest BCUT2D eigenvalue weighted by Gasteiger charge is -2.31. The van der Waals surface area contributed by atoms with E-state index in [1.165, 1.54) is 0 Å². The molecule has 0 atom stereocenters. The molecular formula is C19H21NO3. The highest BCUT2D eigenvalue weighted by Gasteiger charge is 2.24. The van der Waals surface area contributed by atoms with Gasteiger partial charge in [-0.05, 0) is 35.1 Å². The molecule has 4 nitrogen and oxygen atoms in total. The fourth-order valence-corrected chi connectivity index (χ4v) is 3.35. The second-order valence-electron chi connectivity index (χ2n) is 6.24. The average Bonchev–Trinajstić information content (AvgIpc) is 2.55. The molecular weight excluding hydrogens is 290 g/mol. The quantitative estimate of drug-likeness (QED) is 0.944. The highest BCUT2D eigenvalue weighted by atomic mass is 16.4. The van der Waals surface area contributed by atoms with E-state index in [1.54, 1.807) is 0 Å². The van der Waals surface area contributed by atoms with Gasteiger partial charge in [0.1, 0.15) is 0 Å². The first kappa shape index (κ1) is 15.5. The number of amides is 1. The normalized spacial score (nSPS) is 15.7. The zero-order valence-corrected chi connectivity index (χ0v) is 13.1. The summed E-state index contributed by atoms with van der Waals surface area (Å²) in [4.78, 5) is 25.2. The Bertz CT molecular complexity index is 712. The Hall–Kier alpha value is -2.36. The van der Waals surface area contributed by atoms with Gasteiger partial charge in [0.2, 0.25) is 5.91 Å². The number of carbonyl (C=O) groups excluding carboxylic acids is 1. The zero-order chi connectivity index (χ0) is 16.2. The Morgan fingerprint density at radius 2 is 1.74 bits per heavy atom. The van der Waals surface area contributed by atoms with E-state index in [1.807, 2.05) is 29.2 Å². The van der Waals surface area contributed by atoms with Crippen molar-refractivity contribution in [2.24, 2.45) is 5.92 Å². The van der Waals surface area contributed by atoms with Crippen molar-refractivity contribution in [3.05, 3.63) is 48.0 Å². The third-order valence-corrected chi connectivity index (χ3v) is 4.65. The van der Waals surface area contributed by atoms with E-state index >= 15 is 0 Å². The summed E-state index contributed by atoms with van der Waals surface area (Å²) in [6.45, 7) is 1.34. The first-order valence-electron chi connectivity index (χ1n) is 8.09. The lowest BCUT2D eigenvalue weighted by atomic mass is 9.93. The van der Waals surface area contributed by atoms with Gasteiger partial charge in [-0.25, -0.2) is 0 Å². The largest absolute Gasteiger partial charge is 0.481 e. The van der Waals surface area contributed by atoms with Crippen LogP contribution < -0.4 is 0 Å². The molecule has 1 saturated heterocycles. The number of carboxylic acid groups (broad SMARTS) is 1. The molecule has 1 fully saturated rings. The monoisotopic (exact) mass is 311 g/mol. The number of aliphatic carboxylic acids is 1. The summed E-state index contributed by atoms with van der Waals surface area (Å²) in [7, 11) is 0. The predicted octanol–water partition coefficient (Wildman–Crippen LogP) is 3.10. The number of piperidine rings is 1. The number of hydrogen-bond acceptors (Lipinski definition) is 2. The minimum atomic E-state index is -0.745. The van der Waals surface area contributed by atoms with Crippen molar-refractivity contribution >= 4 is 22.6 Å². The van der Waals surface area contributed by atoms with E-state index in [-0.39, 0.29) is 18.2 Å². The number of carboxylic acids is 1. The minimum absolute atomic E-state index is 0.134. The number of fused-ring (bicyclic) bond motifs is 1. The summed E-state index contributed by atoms with van der Waals surface area (Å²) < 4.78 is 0. The van der Waals surface area contributed by atoms with Gasteiger partial charge >= 0.3 is 5.97 Å². The standard InChI is InChI=1S/C19H21NO3/c21-18(20-10-8-14(9-11-20)12-19(22)23)13-16-6-3-5-15-4-1-2-7-17(15)16/h1-7,14H,8-13H2,(H,22,23). The van der Waals surface area contributed by atoms with Crippen molar-refractivity contribution in [2.45, 2.75) is 25.7 Å². The summed E-state index contributed by atoms with van der Waals surface area (Å²) in [5.74, 6) is -0.408. The minimum Gasteiger partial charge on any atom is -0.481 e. The number of benzene rings is 2. The second-order valence-corrected chi connectivity index (χ2v) is 6.24. The molecule has 0 unspecified atom stereocenters. The van der Waals surface area contributed by atoms with Crippen LogP contribution in [-0.4, -0.2) is 35.0 Å². The summed E-state index contributed by atoms with van der Waals surface area (Å²) in [6, 6.07) is 14.2. The van der Waals surface area contributed by atoms with Crippen molar-refractivity contribution in [1.82, 2.24) is 4.90 Å². The molecule has 2 aromatic rings. The molecule has 0 aromatic heterocycles. The SMILES string of the molecule is O=C(O)CC1CCN(C(=O)Cc2cccc3ccccc23)CC1. The number of nitrogens with zero attached hydrogens (tertiary/aromatic N) is 1. The Labute approximate surface area is 135 Å². The van der Waals surface area contributed by atoms with Crippen LogP contribution in [0.25, 0.3) is 10.8 Å². The molecule has 1 heterocycles.